The maximum atomic E-state index is 12.9. The number of carboxylic acid groups (broad SMARTS) is 1. The summed E-state index contributed by atoms with van der Waals surface area (Å²) in [6, 6.07) is 5.53. The first kappa shape index (κ1) is 20.5. The quantitative estimate of drug-likeness (QED) is 0.632. The van der Waals surface area contributed by atoms with Crippen molar-refractivity contribution < 1.29 is 23.1 Å². The van der Waals surface area contributed by atoms with E-state index in [2.05, 4.69) is 25.3 Å². The molecule has 0 radical (unpaired) electrons. The molecule has 0 saturated carbocycles. The number of alkyl halides is 3. The molecule has 1 saturated heterocycles. The van der Waals surface area contributed by atoms with E-state index in [-0.39, 0.29) is 5.95 Å². The van der Waals surface area contributed by atoms with Gasteiger partial charge in [0.25, 0.3) is 0 Å². The fourth-order valence-corrected chi connectivity index (χ4v) is 3.23. The lowest BCUT2D eigenvalue weighted by atomic mass is 10.0. The van der Waals surface area contributed by atoms with Gasteiger partial charge in [0.1, 0.15) is 11.7 Å². The van der Waals surface area contributed by atoms with E-state index in [0.717, 1.165) is 23.4 Å². The number of carboxylic acids is 1. The number of benzene rings is 1. The second kappa shape index (κ2) is 7.82. The van der Waals surface area contributed by atoms with E-state index in [0.29, 0.717) is 30.2 Å². The third-order valence-corrected chi connectivity index (χ3v) is 4.81. The molecular formula is C20H17F3N6O2. The molecule has 0 bridgehead atoms. The highest BCUT2D eigenvalue weighted by molar-refractivity contribution is 5.79. The highest BCUT2D eigenvalue weighted by Crippen LogP contribution is 2.30. The molecule has 31 heavy (non-hydrogen) atoms. The zero-order chi connectivity index (χ0) is 22.2. The van der Waals surface area contributed by atoms with Crippen molar-refractivity contribution >= 4 is 23.6 Å². The Kier molecular flexibility index (Phi) is 5.17. The van der Waals surface area contributed by atoms with Gasteiger partial charge in [-0.25, -0.2) is 24.7 Å². The Hall–Kier alpha value is -3.76. The van der Waals surface area contributed by atoms with Crippen LogP contribution < -0.4 is 10.2 Å². The fourth-order valence-electron chi connectivity index (χ4n) is 3.23. The van der Waals surface area contributed by atoms with E-state index in [1.54, 1.807) is 29.4 Å². The van der Waals surface area contributed by atoms with Crippen LogP contribution in [0.5, 0.6) is 0 Å². The molecule has 1 atom stereocenters. The fraction of sp³-hybridized carbons (Fsp3) is 0.250. The molecule has 2 aromatic heterocycles. The Morgan fingerprint density at radius 3 is 2.52 bits per heavy atom. The van der Waals surface area contributed by atoms with Crippen molar-refractivity contribution in [1.29, 1.82) is 0 Å². The van der Waals surface area contributed by atoms with Gasteiger partial charge in [0.15, 0.2) is 0 Å². The van der Waals surface area contributed by atoms with Crippen molar-refractivity contribution in [2.45, 2.75) is 25.6 Å². The van der Waals surface area contributed by atoms with Crippen molar-refractivity contribution in [3.8, 4) is 11.1 Å². The minimum Gasteiger partial charge on any atom is -0.480 e. The first-order chi connectivity index (χ1) is 14.7. The smallest absolute Gasteiger partial charge is 0.433 e. The number of hydrogen-bond acceptors (Lipinski definition) is 7. The highest BCUT2D eigenvalue weighted by atomic mass is 19.4. The minimum atomic E-state index is -4.56. The largest absolute Gasteiger partial charge is 0.480 e. The topological polar surface area (TPSA) is 104 Å². The van der Waals surface area contributed by atoms with Crippen molar-refractivity contribution in [2.24, 2.45) is 0 Å². The summed E-state index contributed by atoms with van der Waals surface area (Å²) in [5.74, 6) is -0.744. The highest BCUT2D eigenvalue weighted by Gasteiger charge is 2.35. The number of nitrogens with one attached hydrogen (secondary N) is 1. The number of aliphatic carboxylic acids is 1. The molecule has 1 fully saturated rings. The molecule has 4 rings (SSSR count). The van der Waals surface area contributed by atoms with Gasteiger partial charge in [-0.1, -0.05) is 6.07 Å². The van der Waals surface area contributed by atoms with Crippen LogP contribution in [0.1, 0.15) is 17.7 Å². The Morgan fingerprint density at radius 2 is 1.90 bits per heavy atom. The average molecular weight is 430 g/mol. The van der Waals surface area contributed by atoms with Gasteiger partial charge < -0.3 is 15.3 Å². The number of aryl methyl sites for hydroxylation is 1. The Bertz CT molecular complexity index is 1120. The monoisotopic (exact) mass is 430 g/mol. The van der Waals surface area contributed by atoms with Gasteiger partial charge in [-0.3, -0.25) is 0 Å². The molecule has 1 aromatic carbocycles. The Balaban J connectivity index is 1.56. The summed E-state index contributed by atoms with van der Waals surface area (Å²) in [5.41, 5.74) is 1.73. The molecule has 0 unspecified atom stereocenters. The molecule has 1 aliphatic rings. The summed E-state index contributed by atoms with van der Waals surface area (Å²) in [5, 5.41) is 12.0. The molecule has 0 aliphatic carbocycles. The minimum absolute atomic E-state index is 0.171. The summed E-state index contributed by atoms with van der Waals surface area (Å²) in [6.07, 6.45) is 0.191. The number of nitrogens with zero attached hydrogens (tertiary/aromatic N) is 5. The molecule has 3 aromatic rings. The van der Waals surface area contributed by atoms with Crippen molar-refractivity contribution in [3.05, 3.63) is 54.1 Å². The van der Waals surface area contributed by atoms with Crippen LogP contribution in [-0.2, 0) is 11.0 Å². The molecular weight excluding hydrogens is 413 g/mol. The Morgan fingerprint density at radius 1 is 1.16 bits per heavy atom. The van der Waals surface area contributed by atoms with E-state index in [9.17, 15) is 18.0 Å². The third-order valence-electron chi connectivity index (χ3n) is 4.81. The number of aromatic nitrogens is 4. The first-order valence-corrected chi connectivity index (χ1v) is 9.31. The van der Waals surface area contributed by atoms with Crippen LogP contribution in [0.2, 0.25) is 0 Å². The van der Waals surface area contributed by atoms with Crippen LogP contribution in [0.3, 0.4) is 0 Å². The van der Waals surface area contributed by atoms with Gasteiger partial charge in [-0.15, -0.1) is 0 Å². The predicted molar refractivity (Wildman–Crippen MR) is 106 cm³/mol. The number of hydrogen-bond donors (Lipinski definition) is 2. The van der Waals surface area contributed by atoms with Gasteiger partial charge in [0.05, 0.1) is 0 Å². The van der Waals surface area contributed by atoms with Crippen LogP contribution in [0, 0.1) is 6.92 Å². The molecule has 11 heteroatoms. The van der Waals surface area contributed by atoms with Gasteiger partial charge in [0, 0.05) is 36.4 Å². The normalized spacial score (nSPS) is 16.0. The number of carbonyl (C=O) groups is 1. The van der Waals surface area contributed by atoms with Crippen LogP contribution in [0.15, 0.2) is 42.9 Å². The molecule has 3 heterocycles. The standard InChI is InChI=1S/C20H17F3N6O2/c1-11-6-12(13-9-25-19(26-10-13)29-5-3-15(29)17(30)31)8-14(7-11)27-18-24-4-2-16(28-18)20(21,22)23/h2,4,6-10,15H,3,5H2,1H3,(H,30,31)(H,24,27,28)/t15-/m0/s1. The first-order valence-electron chi connectivity index (χ1n) is 9.31. The molecule has 160 valence electrons. The Labute approximate surface area is 174 Å². The summed E-state index contributed by atoms with van der Waals surface area (Å²) in [6.45, 7) is 2.42. The summed E-state index contributed by atoms with van der Waals surface area (Å²) < 4.78 is 38.6. The van der Waals surface area contributed by atoms with Crippen molar-refractivity contribution in [2.75, 3.05) is 16.8 Å². The molecule has 0 spiro atoms. The third kappa shape index (κ3) is 4.39. The number of anilines is 3. The van der Waals surface area contributed by atoms with E-state index in [4.69, 9.17) is 5.11 Å². The molecule has 1 aliphatic heterocycles. The average Bonchev–Trinajstić information content (AvgIpc) is 2.66. The maximum absolute atomic E-state index is 12.9. The van der Waals surface area contributed by atoms with Crippen LogP contribution in [0.4, 0.5) is 30.8 Å². The van der Waals surface area contributed by atoms with Gasteiger partial charge in [-0.2, -0.15) is 13.2 Å². The summed E-state index contributed by atoms with van der Waals surface area (Å²) in [7, 11) is 0. The lowest BCUT2D eigenvalue weighted by molar-refractivity contribution is -0.141. The maximum Gasteiger partial charge on any atom is 0.433 e. The van der Waals surface area contributed by atoms with Crippen molar-refractivity contribution in [3.63, 3.8) is 0 Å². The lowest BCUT2D eigenvalue weighted by Gasteiger charge is -2.37. The van der Waals surface area contributed by atoms with E-state index >= 15 is 0 Å². The predicted octanol–water partition coefficient (Wildman–Crippen LogP) is 3.67. The summed E-state index contributed by atoms with van der Waals surface area (Å²) in [4.78, 5) is 28.7. The second-order valence-corrected chi connectivity index (χ2v) is 7.08. The zero-order valence-electron chi connectivity index (χ0n) is 16.3. The van der Waals surface area contributed by atoms with Crippen LogP contribution in [-0.4, -0.2) is 43.6 Å². The van der Waals surface area contributed by atoms with Crippen molar-refractivity contribution in [1.82, 2.24) is 19.9 Å². The summed E-state index contributed by atoms with van der Waals surface area (Å²) >= 11 is 0. The zero-order valence-corrected chi connectivity index (χ0v) is 16.3. The number of rotatable bonds is 5. The van der Waals surface area contributed by atoms with E-state index < -0.39 is 23.9 Å². The number of halogens is 3. The van der Waals surface area contributed by atoms with Crippen LogP contribution >= 0.6 is 0 Å². The molecule has 8 nitrogen and oxygen atoms in total. The SMILES string of the molecule is Cc1cc(Nc2nccc(C(F)(F)F)n2)cc(-c2cnc(N3CC[C@H]3C(=O)O)nc2)c1. The lowest BCUT2D eigenvalue weighted by Crippen LogP contribution is -2.53. The van der Waals surface area contributed by atoms with Gasteiger partial charge in [-0.05, 0) is 42.7 Å². The molecule has 2 N–H and O–H groups in total. The van der Waals surface area contributed by atoms with Crippen LogP contribution in [0.25, 0.3) is 11.1 Å². The van der Waals surface area contributed by atoms with Gasteiger partial charge >= 0.3 is 12.1 Å². The second-order valence-electron chi connectivity index (χ2n) is 7.08. The van der Waals surface area contributed by atoms with Gasteiger partial charge in [0.2, 0.25) is 11.9 Å². The van der Waals surface area contributed by atoms with E-state index in [1.807, 2.05) is 13.0 Å². The van der Waals surface area contributed by atoms with E-state index in [1.165, 1.54) is 0 Å². The molecule has 0 amide bonds.